The third kappa shape index (κ3) is 5.20. The average molecular weight is 242 g/mol. The highest BCUT2D eigenvalue weighted by molar-refractivity contribution is 5.74. The van der Waals surface area contributed by atoms with E-state index in [1.165, 1.54) is 4.90 Å². The van der Waals surface area contributed by atoms with Crippen LogP contribution >= 0.6 is 0 Å². The molecule has 0 atom stereocenters. The van der Waals surface area contributed by atoms with Crippen LogP contribution in [0.2, 0.25) is 0 Å². The summed E-state index contributed by atoms with van der Waals surface area (Å²) < 4.78 is 36.5. The summed E-state index contributed by atoms with van der Waals surface area (Å²) >= 11 is 0. The average Bonchev–Trinajstić information content (AvgIpc) is 2.17. The zero-order chi connectivity index (χ0) is 12.8. The van der Waals surface area contributed by atoms with Gasteiger partial charge >= 0.3 is 12.2 Å². The minimum atomic E-state index is -4.45. The molecule has 7 heteroatoms. The molecule has 0 unspecified atom stereocenters. The number of hydrogen-bond acceptors (Lipinski definition) is 2. The molecule has 0 spiro atoms. The van der Waals surface area contributed by atoms with E-state index in [0.29, 0.717) is 18.0 Å². The number of amides is 2. The smallest absolute Gasteiger partial charge is 0.395 e. The van der Waals surface area contributed by atoms with Crippen molar-refractivity contribution in [3.05, 3.63) is 0 Å². The van der Waals surface area contributed by atoms with Crippen LogP contribution in [0.3, 0.4) is 0 Å². The molecule has 0 aliphatic heterocycles. The molecule has 2 amide bonds. The van der Waals surface area contributed by atoms with E-state index in [4.69, 9.17) is 5.11 Å². The van der Waals surface area contributed by atoms with Gasteiger partial charge in [-0.2, -0.15) is 13.2 Å². The van der Waals surface area contributed by atoms with Crippen LogP contribution in [-0.4, -0.2) is 59.9 Å². The molecule has 0 aromatic carbocycles. The van der Waals surface area contributed by atoms with E-state index in [1.54, 1.807) is 13.8 Å². The standard InChI is InChI=1S/C9H17F3N2O2/c1-3-13(4-2)8(16)14(5-6-15)7-9(10,11)12/h15H,3-7H2,1-2H3. The second kappa shape index (κ2) is 6.57. The largest absolute Gasteiger partial charge is 0.406 e. The minimum Gasteiger partial charge on any atom is -0.395 e. The number of aliphatic hydroxyl groups excluding tert-OH is 1. The lowest BCUT2D eigenvalue weighted by Crippen LogP contribution is -2.47. The van der Waals surface area contributed by atoms with Gasteiger partial charge in [0.1, 0.15) is 6.54 Å². The second-order valence-electron chi connectivity index (χ2n) is 3.22. The van der Waals surface area contributed by atoms with Crippen LogP contribution in [0, 0.1) is 0 Å². The number of carbonyl (C=O) groups excluding carboxylic acids is 1. The van der Waals surface area contributed by atoms with Crippen LogP contribution in [0.4, 0.5) is 18.0 Å². The van der Waals surface area contributed by atoms with Crippen molar-refractivity contribution in [2.45, 2.75) is 20.0 Å². The van der Waals surface area contributed by atoms with Crippen molar-refractivity contribution >= 4 is 6.03 Å². The Labute approximate surface area is 92.6 Å². The van der Waals surface area contributed by atoms with Gasteiger partial charge in [-0.1, -0.05) is 0 Å². The quantitative estimate of drug-likeness (QED) is 0.789. The van der Waals surface area contributed by atoms with Gasteiger partial charge in [-0.3, -0.25) is 0 Å². The summed E-state index contributed by atoms with van der Waals surface area (Å²) in [6, 6.07) is -0.698. The van der Waals surface area contributed by atoms with Crippen molar-refractivity contribution in [2.24, 2.45) is 0 Å². The Balaban J connectivity index is 4.57. The first-order valence-electron chi connectivity index (χ1n) is 5.07. The van der Waals surface area contributed by atoms with Crippen molar-refractivity contribution in [3.63, 3.8) is 0 Å². The molecule has 4 nitrogen and oxygen atoms in total. The first-order valence-corrected chi connectivity index (χ1v) is 5.07. The first kappa shape index (κ1) is 15.0. The van der Waals surface area contributed by atoms with Gasteiger partial charge in [-0.25, -0.2) is 4.79 Å². The molecule has 96 valence electrons. The fourth-order valence-corrected chi connectivity index (χ4v) is 1.27. The van der Waals surface area contributed by atoms with Crippen molar-refractivity contribution < 1.29 is 23.1 Å². The van der Waals surface area contributed by atoms with E-state index in [1.807, 2.05) is 0 Å². The van der Waals surface area contributed by atoms with E-state index < -0.39 is 25.4 Å². The highest BCUT2D eigenvalue weighted by atomic mass is 19.4. The highest BCUT2D eigenvalue weighted by Crippen LogP contribution is 2.17. The second-order valence-corrected chi connectivity index (χ2v) is 3.22. The van der Waals surface area contributed by atoms with Gasteiger partial charge in [-0.15, -0.1) is 0 Å². The van der Waals surface area contributed by atoms with Crippen LogP contribution in [0.15, 0.2) is 0 Å². The van der Waals surface area contributed by atoms with Crippen molar-refractivity contribution in [1.82, 2.24) is 9.80 Å². The van der Waals surface area contributed by atoms with E-state index >= 15 is 0 Å². The van der Waals surface area contributed by atoms with Gasteiger partial charge in [0.2, 0.25) is 0 Å². The van der Waals surface area contributed by atoms with Crippen molar-refractivity contribution in [3.8, 4) is 0 Å². The van der Waals surface area contributed by atoms with Gasteiger partial charge in [0.25, 0.3) is 0 Å². The van der Waals surface area contributed by atoms with E-state index in [-0.39, 0.29) is 6.54 Å². The third-order valence-corrected chi connectivity index (χ3v) is 2.04. The van der Waals surface area contributed by atoms with Gasteiger partial charge in [0.15, 0.2) is 0 Å². The Morgan fingerprint density at radius 1 is 1.19 bits per heavy atom. The lowest BCUT2D eigenvalue weighted by Gasteiger charge is -2.29. The number of aliphatic hydroxyl groups is 1. The molecule has 0 heterocycles. The Morgan fingerprint density at radius 3 is 2.00 bits per heavy atom. The number of carbonyl (C=O) groups is 1. The monoisotopic (exact) mass is 242 g/mol. The predicted octanol–water partition coefficient (Wildman–Crippen LogP) is 1.30. The molecule has 0 saturated heterocycles. The zero-order valence-electron chi connectivity index (χ0n) is 9.42. The number of alkyl halides is 3. The Bertz CT molecular complexity index is 217. The predicted molar refractivity (Wildman–Crippen MR) is 53.0 cm³/mol. The van der Waals surface area contributed by atoms with Crippen LogP contribution in [-0.2, 0) is 0 Å². The highest BCUT2D eigenvalue weighted by Gasteiger charge is 2.33. The summed E-state index contributed by atoms with van der Waals surface area (Å²) in [5.41, 5.74) is 0. The summed E-state index contributed by atoms with van der Waals surface area (Å²) in [6.45, 7) is 1.93. The molecule has 0 aliphatic carbocycles. The molecule has 0 aromatic rings. The maximum atomic E-state index is 12.2. The molecule has 1 N–H and O–H groups in total. The summed E-state index contributed by atoms with van der Waals surface area (Å²) in [4.78, 5) is 13.5. The topological polar surface area (TPSA) is 43.8 Å². The first-order chi connectivity index (χ1) is 7.35. The van der Waals surface area contributed by atoms with Crippen molar-refractivity contribution in [1.29, 1.82) is 0 Å². The van der Waals surface area contributed by atoms with Crippen molar-refractivity contribution in [2.75, 3.05) is 32.8 Å². The number of rotatable bonds is 5. The molecule has 0 saturated carbocycles. The maximum Gasteiger partial charge on any atom is 0.406 e. The van der Waals surface area contributed by atoms with Crippen LogP contribution in [0.5, 0.6) is 0 Å². The molecule has 0 aliphatic rings. The zero-order valence-corrected chi connectivity index (χ0v) is 9.42. The Kier molecular flexibility index (Phi) is 6.17. The van der Waals surface area contributed by atoms with Gasteiger partial charge < -0.3 is 14.9 Å². The van der Waals surface area contributed by atoms with Crippen LogP contribution in [0.25, 0.3) is 0 Å². The number of hydrogen-bond donors (Lipinski definition) is 1. The minimum absolute atomic E-state index is 0.311. The maximum absolute atomic E-state index is 12.2. The summed E-state index contributed by atoms with van der Waals surface area (Å²) in [5, 5.41) is 8.63. The van der Waals surface area contributed by atoms with Crippen LogP contribution < -0.4 is 0 Å². The molecule has 16 heavy (non-hydrogen) atoms. The Hall–Kier alpha value is -0.980. The van der Waals surface area contributed by atoms with Gasteiger partial charge in [0, 0.05) is 19.6 Å². The van der Waals surface area contributed by atoms with E-state index in [2.05, 4.69) is 0 Å². The fraction of sp³-hybridized carbons (Fsp3) is 0.889. The molecule has 0 bridgehead atoms. The lowest BCUT2D eigenvalue weighted by atomic mass is 10.4. The van der Waals surface area contributed by atoms with Crippen LogP contribution in [0.1, 0.15) is 13.8 Å². The molecule has 0 fully saturated rings. The lowest BCUT2D eigenvalue weighted by molar-refractivity contribution is -0.141. The summed E-state index contributed by atoms with van der Waals surface area (Å²) in [6.07, 6.45) is -4.45. The molecular formula is C9H17F3N2O2. The fourth-order valence-electron chi connectivity index (χ4n) is 1.27. The van der Waals surface area contributed by atoms with Gasteiger partial charge in [0.05, 0.1) is 6.61 Å². The Morgan fingerprint density at radius 2 is 1.69 bits per heavy atom. The van der Waals surface area contributed by atoms with E-state index in [9.17, 15) is 18.0 Å². The molecule has 0 aromatic heterocycles. The third-order valence-electron chi connectivity index (χ3n) is 2.04. The normalized spacial score (nSPS) is 11.4. The molecular weight excluding hydrogens is 225 g/mol. The molecule has 0 rings (SSSR count). The number of halogens is 3. The number of urea groups is 1. The number of nitrogens with zero attached hydrogens (tertiary/aromatic N) is 2. The van der Waals surface area contributed by atoms with Gasteiger partial charge in [-0.05, 0) is 13.8 Å². The summed E-state index contributed by atoms with van der Waals surface area (Å²) in [7, 11) is 0. The van der Waals surface area contributed by atoms with E-state index in [0.717, 1.165) is 0 Å². The summed E-state index contributed by atoms with van der Waals surface area (Å²) in [5.74, 6) is 0. The SMILES string of the molecule is CCN(CC)C(=O)N(CCO)CC(F)(F)F. The molecule has 0 radical (unpaired) electrons.